The van der Waals surface area contributed by atoms with Gasteiger partial charge < -0.3 is 9.47 Å². The highest BCUT2D eigenvalue weighted by Gasteiger charge is 2.30. The maximum Gasteiger partial charge on any atom is 0.0858 e. The third kappa shape index (κ3) is 0.970. The second kappa shape index (κ2) is 2.27. The van der Waals surface area contributed by atoms with Crippen LogP contribution in [0.15, 0.2) is 0 Å². The molecular weight excluding hydrogens is 116 g/mol. The van der Waals surface area contributed by atoms with E-state index in [9.17, 15) is 0 Å². The fourth-order valence-electron chi connectivity index (χ4n) is 1.61. The fourth-order valence-corrected chi connectivity index (χ4v) is 1.61. The second-order valence-electron chi connectivity index (χ2n) is 2.85. The summed E-state index contributed by atoms with van der Waals surface area (Å²) >= 11 is 0. The number of hydrogen-bond donors (Lipinski definition) is 0. The Morgan fingerprint density at radius 3 is 3.11 bits per heavy atom. The van der Waals surface area contributed by atoms with Crippen LogP contribution in [-0.2, 0) is 9.47 Å². The molecule has 2 fully saturated rings. The average molecular weight is 128 g/mol. The highest BCUT2D eigenvalue weighted by atomic mass is 16.5. The molecule has 0 aromatic heterocycles. The van der Waals surface area contributed by atoms with Gasteiger partial charge in [-0.25, -0.2) is 0 Å². The molecule has 0 bridgehead atoms. The Bertz CT molecular complexity index is 91.1. The number of fused-ring (bicyclic) bond motifs is 1. The number of rotatable bonds is 0. The van der Waals surface area contributed by atoms with Crippen LogP contribution in [0.2, 0.25) is 0 Å². The minimum atomic E-state index is 0.443. The van der Waals surface area contributed by atoms with Gasteiger partial charge in [0.2, 0.25) is 0 Å². The molecule has 0 radical (unpaired) electrons. The first-order valence-electron chi connectivity index (χ1n) is 3.66. The molecule has 0 aromatic rings. The summed E-state index contributed by atoms with van der Waals surface area (Å²) in [6.45, 7) is 2.72. The molecule has 0 N–H and O–H groups in total. The van der Waals surface area contributed by atoms with Crippen molar-refractivity contribution in [2.24, 2.45) is 5.92 Å². The van der Waals surface area contributed by atoms with Crippen molar-refractivity contribution >= 4 is 0 Å². The summed E-state index contributed by atoms with van der Waals surface area (Å²) in [6, 6.07) is 0. The van der Waals surface area contributed by atoms with Crippen LogP contribution in [0.5, 0.6) is 0 Å². The van der Waals surface area contributed by atoms with Crippen LogP contribution < -0.4 is 0 Å². The van der Waals surface area contributed by atoms with Gasteiger partial charge in [0.25, 0.3) is 0 Å². The molecule has 9 heavy (non-hydrogen) atoms. The Balaban J connectivity index is 1.97. The van der Waals surface area contributed by atoms with Crippen molar-refractivity contribution in [2.45, 2.75) is 18.9 Å². The smallest absolute Gasteiger partial charge is 0.0858 e. The van der Waals surface area contributed by atoms with Crippen LogP contribution in [0, 0.1) is 5.92 Å². The van der Waals surface area contributed by atoms with E-state index in [0.717, 1.165) is 25.7 Å². The Kier molecular flexibility index (Phi) is 1.44. The Hall–Kier alpha value is -0.0800. The molecule has 0 unspecified atom stereocenters. The summed E-state index contributed by atoms with van der Waals surface area (Å²) < 4.78 is 10.7. The maximum absolute atomic E-state index is 5.48. The van der Waals surface area contributed by atoms with Gasteiger partial charge in [0.1, 0.15) is 0 Å². The van der Waals surface area contributed by atoms with Gasteiger partial charge in [-0.1, -0.05) is 0 Å². The highest BCUT2D eigenvalue weighted by molar-refractivity contribution is 4.78. The molecule has 0 saturated carbocycles. The molecule has 0 aromatic carbocycles. The van der Waals surface area contributed by atoms with E-state index in [0.29, 0.717) is 6.10 Å². The van der Waals surface area contributed by atoms with Crippen LogP contribution in [0.3, 0.4) is 0 Å². The zero-order valence-electron chi connectivity index (χ0n) is 5.51. The quantitative estimate of drug-likeness (QED) is 0.480. The number of ether oxygens (including phenoxy) is 2. The van der Waals surface area contributed by atoms with Crippen LogP contribution >= 0.6 is 0 Å². The van der Waals surface area contributed by atoms with E-state index in [4.69, 9.17) is 9.47 Å². The van der Waals surface area contributed by atoms with Gasteiger partial charge in [-0.3, -0.25) is 0 Å². The van der Waals surface area contributed by atoms with E-state index in [1.807, 2.05) is 0 Å². The Labute approximate surface area is 55.1 Å². The van der Waals surface area contributed by atoms with Crippen molar-refractivity contribution in [3.8, 4) is 0 Å². The summed E-state index contributed by atoms with van der Waals surface area (Å²) in [5.74, 6) is 0.721. The first-order valence-corrected chi connectivity index (χ1v) is 3.66. The SMILES string of the molecule is C1CO[C@H]2COC[C@@H]2C1. The highest BCUT2D eigenvalue weighted by Crippen LogP contribution is 2.25. The summed E-state index contributed by atoms with van der Waals surface area (Å²) in [5, 5.41) is 0. The van der Waals surface area contributed by atoms with Gasteiger partial charge in [0, 0.05) is 12.5 Å². The Morgan fingerprint density at radius 2 is 2.22 bits per heavy atom. The lowest BCUT2D eigenvalue weighted by Gasteiger charge is -2.23. The predicted molar refractivity (Wildman–Crippen MR) is 33.3 cm³/mol. The van der Waals surface area contributed by atoms with Gasteiger partial charge >= 0.3 is 0 Å². The van der Waals surface area contributed by atoms with E-state index >= 15 is 0 Å². The Morgan fingerprint density at radius 1 is 1.22 bits per heavy atom. The van der Waals surface area contributed by atoms with Crippen molar-refractivity contribution in [2.75, 3.05) is 19.8 Å². The fraction of sp³-hybridized carbons (Fsp3) is 1.00. The predicted octanol–water partition coefficient (Wildman–Crippen LogP) is 0.812. The first kappa shape index (κ1) is 5.69. The van der Waals surface area contributed by atoms with E-state index in [1.54, 1.807) is 0 Å². The molecule has 2 nitrogen and oxygen atoms in total. The summed E-state index contributed by atoms with van der Waals surface area (Å²) in [5.41, 5.74) is 0. The minimum absolute atomic E-state index is 0.443. The number of hydrogen-bond acceptors (Lipinski definition) is 2. The first-order chi connectivity index (χ1) is 4.47. The lowest BCUT2D eigenvalue weighted by molar-refractivity contribution is -0.00483. The molecule has 0 aliphatic carbocycles. The molecule has 2 saturated heterocycles. The van der Waals surface area contributed by atoms with Gasteiger partial charge in [0.15, 0.2) is 0 Å². The van der Waals surface area contributed by atoms with Gasteiger partial charge in [0.05, 0.1) is 19.3 Å². The zero-order chi connectivity index (χ0) is 6.10. The monoisotopic (exact) mass is 128 g/mol. The standard InChI is InChI=1S/C7H12O2/c1-2-6-4-8-5-7(6)9-3-1/h6-7H,1-5H2/t6-,7-/m0/s1. The molecule has 2 heteroatoms. The van der Waals surface area contributed by atoms with Crippen LogP contribution in [-0.4, -0.2) is 25.9 Å². The topological polar surface area (TPSA) is 18.5 Å². The van der Waals surface area contributed by atoms with E-state index < -0.39 is 0 Å². The van der Waals surface area contributed by atoms with E-state index in [2.05, 4.69) is 0 Å². The molecule has 0 amide bonds. The molecule has 2 rings (SSSR count). The summed E-state index contributed by atoms with van der Waals surface area (Å²) in [4.78, 5) is 0. The largest absolute Gasteiger partial charge is 0.378 e. The minimum Gasteiger partial charge on any atom is -0.378 e. The summed E-state index contributed by atoms with van der Waals surface area (Å²) in [7, 11) is 0. The molecule has 0 spiro atoms. The maximum atomic E-state index is 5.48. The van der Waals surface area contributed by atoms with Crippen LogP contribution in [0.4, 0.5) is 0 Å². The average Bonchev–Trinajstić information content (AvgIpc) is 2.33. The molecule has 52 valence electrons. The van der Waals surface area contributed by atoms with Gasteiger partial charge in [-0.2, -0.15) is 0 Å². The van der Waals surface area contributed by atoms with Crippen molar-refractivity contribution in [1.82, 2.24) is 0 Å². The third-order valence-corrected chi connectivity index (χ3v) is 2.19. The molecular formula is C7H12O2. The lowest BCUT2D eigenvalue weighted by Crippen LogP contribution is -2.27. The van der Waals surface area contributed by atoms with Crippen molar-refractivity contribution in [3.63, 3.8) is 0 Å². The van der Waals surface area contributed by atoms with Crippen molar-refractivity contribution in [1.29, 1.82) is 0 Å². The summed E-state index contributed by atoms with van der Waals surface area (Å²) in [6.07, 6.45) is 2.98. The van der Waals surface area contributed by atoms with E-state index in [1.165, 1.54) is 12.8 Å². The molecule has 2 heterocycles. The van der Waals surface area contributed by atoms with Gasteiger partial charge in [-0.15, -0.1) is 0 Å². The third-order valence-electron chi connectivity index (χ3n) is 2.19. The molecule has 2 aliphatic rings. The van der Waals surface area contributed by atoms with Crippen molar-refractivity contribution < 1.29 is 9.47 Å². The second-order valence-corrected chi connectivity index (χ2v) is 2.85. The van der Waals surface area contributed by atoms with Crippen LogP contribution in [0.25, 0.3) is 0 Å². The van der Waals surface area contributed by atoms with Crippen LogP contribution in [0.1, 0.15) is 12.8 Å². The van der Waals surface area contributed by atoms with Gasteiger partial charge in [-0.05, 0) is 12.8 Å². The van der Waals surface area contributed by atoms with Crippen molar-refractivity contribution in [3.05, 3.63) is 0 Å². The van der Waals surface area contributed by atoms with E-state index in [-0.39, 0.29) is 0 Å². The lowest BCUT2D eigenvalue weighted by atomic mass is 9.98. The molecule has 2 atom stereocenters. The zero-order valence-corrected chi connectivity index (χ0v) is 5.51. The normalized spacial score (nSPS) is 42.7. The molecule has 2 aliphatic heterocycles.